The third-order valence-corrected chi connectivity index (χ3v) is 3.14. The molecule has 2 aliphatic rings. The number of fused-ring (bicyclic) bond motifs is 1. The van der Waals surface area contributed by atoms with Crippen molar-refractivity contribution in [2.45, 2.75) is 6.42 Å². The second-order valence-corrected chi connectivity index (χ2v) is 4.35. The molecule has 2 aliphatic heterocycles. The van der Waals surface area contributed by atoms with E-state index in [0.717, 1.165) is 5.01 Å². The Balaban J connectivity index is 2.00. The number of urea groups is 1. The van der Waals surface area contributed by atoms with Crippen molar-refractivity contribution in [2.75, 3.05) is 6.54 Å². The minimum absolute atomic E-state index is 0.00880. The van der Waals surface area contributed by atoms with Gasteiger partial charge in [-0.3, -0.25) is 19.7 Å². The van der Waals surface area contributed by atoms with Gasteiger partial charge in [0.2, 0.25) is 5.91 Å². The van der Waals surface area contributed by atoms with Crippen LogP contribution < -0.4 is 5.32 Å². The summed E-state index contributed by atoms with van der Waals surface area (Å²) in [5, 5.41) is 13.2. The molecule has 0 radical (unpaired) electrons. The lowest BCUT2D eigenvalue weighted by molar-refractivity contribution is -0.122. The summed E-state index contributed by atoms with van der Waals surface area (Å²) in [4.78, 5) is 47.2. The quantitative estimate of drug-likeness (QED) is 0.693. The summed E-state index contributed by atoms with van der Waals surface area (Å²) in [7, 11) is 0. The lowest BCUT2D eigenvalue weighted by Crippen LogP contribution is -2.58. The van der Waals surface area contributed by atoms with Gasteiger partial charge in [0, 0.05) is 6.42 Å². The van der Waals surface area contributed by atoms with Crippen molar-refractivity contribution in [3.8, 4) is 5.75 Å². The molecule has 1 aromatic carbocycles. The van der Waals surface area contributed by atoms with Crippen molar-refractivity contribution < 1.29 is 24.3 Å². The number of hydrazine groups is 1. The fourth-order valence-corrected chi connectivity index (χ4v) is 2.22. The van der Waals surface area contributed by atoms with Crippen molar-refractivity contribution in [3.63, 3.8) is 0 Å². The minimum atomic E-state index is -0.838. The highest BCUT2D eigenvalue weighted by atomic mass is 16.3. The van der Waals surface area contributed by atoms with Crippen LogP contribution in [0.2, 0.25) is 0 Å². The highest BCUT2D eigenvalue weighted by Gasteiger charge is 2.44. The number of imide groups is 2. The summed E-state index contributed by atoms with van der Waals surface area (Å²) in [6, 6.07) is 3.27. The van der Waals surface area contributed by atoms with E-state index in [-0.39, 0.29) is 29.8 Å². The van der Waals surface area contributed by atoms with Gasteiger partial charge in [-0.15, -0.1) is 0 Å². The predicted molar refractivity (Wildman–Crippen MR) is 63.5 cm³/mol. The number of rotatable bonds is 1. The van der Waals surface area contributed by atoms with Gasteiger partial charge in [-0.25, -0.2) is 9.80 Å². The van der Waals surface area contributed by atoms with E-state index < -0.39 is 23.8 Å². The van der Waals surface area contributed by atoms with Crippen LogP contribution in [0.25, 0.3) is 0 Å². The van der Waals surface area contributed by atoms with Gasteiger partial charge in [-0.05, 0) is 12.1 Å². The maximum absolute atomic E-state index is 12.2. The molecular weight excluding hydrogens is 266 g/mol. The van der Waals surface area contributed by atoms with Gasteiger partial charge in [0.15, 0.2) is 0 Å². The Morgan fingerprint density at radius 1 is 1.10 bits per heavy atom. The van der Waals surface area contributed by atoms with E-state index in [2.05, 4.69) is 0 Å². The molecule has 0 spiro atoms. The van der Waals surface area contributed by atoms with Crippen molar-refractivity contribution in [3.05, 3.63) is 29.3 Å². The van der Waals surface area contributed by atoms with Crippen LogP contribution in [-0.2, 0) is 4.79 Å². The Morgan fingerprint density at radius 2 is 1.85 bits per heavy atom. The Bertz CT molecular complexity index is 669. The van der Waals surface area contributed by atoms with Gasteiger partial charge < -0.3 is 5.11 Å². The summed E-state index contributed by atoms with van der Waals surface area (Å²) in [6.07, 6.45) is -0.00880. The van der Waals surface area contributed by atoms with Crippen molar-refractivity contribution in [2.24, 2.45) is 0 Å². The molecule has 1 aromatic rings. The lowest BCUT2D eigenvalue weighted by atomic mass is 10.1. The number of aromatic hydroxyl groups is 1. The molecule has 2 heterocycles. The maximum Gasteiger partial charge on any atom is 0.343 e. The van der Waals surface area contributed by atoms with Gasteiger partial charge in [0.1, 0.15) is 5.75 Å². The highest BCUT2D eigenvalue weighted by molar-refractivity contribution is 6.23. The molecule has 0 aromatic heterocycles. The smallest absolute Gasteiger partial charge is 0.343 e. The van der Waals surface area contributed by atoms with Crippen LogP contribution in [0.15, 0.2) is 18.2 Å². The number of phenolic OH excluding ortho intramolecular Hbond substituents is 1. The van der Waals surface area contributed by atoms with Gasteiger partial charge >= 0.3 is 6.03 Å². The minimum Gasteiger partial charge on any atom is -0.507 e. The Labute approximate surface area is 112 Å². The second kappa shape index (κ2) is 4.05. The third-order valence-electron chi connectivity index (χ3n) is 3.14. The van der Waals surface area contributed by atoms with Crippen molar-refractivity contribution in [1.82, 2.24) is 15.3 Å². The average Bonchev–Trinajstić information content (AvgIpc) is 2.64. The fraction of sp³-hybridized carbons (Fsp3) is 0.167. The first-order chi connectivity index (χ1) is 9.50. The first kappa shape index (κ1) is 12.2. The largest absolute Gasteiger partial charge is 0.507 e. The molecule has 1 saturated heterocycles. The fourth-order valence-electron chi connectivity index (χ4n) is 2.22. The SMILES string of the molecule is O=C1CCN(N2C(=O)c3cccc(O)c3C2=O)C(=O)N1. The number of amides is 5. The standard InChI is InChI=1S/C12H9N3O5/c16-7-3-1-2-6-9(7)11(19)15(10(6)18)14-5-4-8(17)13-12(14)20/h1-3,16H,4-5H2,(H,13,17,20). The summed E-state index contributed by atoms with van der Waals surface area (Å²) in [5.74, 6) is -2.28. The molecule has 0 unspecified atom stereocenters. The number of nitrogens with one attached hydrogen (secondary N) is 1. The van der Waals surface area contributed by atoms with E-state index in [9.17, 15) is 24.3 Å². The van der Waals surface area contributed by atoms with Crippen LogP contribution in [-0.4, -0.2) is 45.4 Å². The molecule has 8 heteroatoms. The zero-order valence-electron chi connectivity index (χ0n) is 10.1. The molecule has 102 valence electrons. The second-order valence-electron chi connectivity index (χ2n) is 4.35. The Morgan fingerprint density at radius 3 is 2.50 bits per heavy atom. The number of hydrogen-bond donors (Lipinski definition) is 2. The predicted octanol–water partition coefficient (Wildman–Crippen LogP) is -0.155. The van der Waals surface area contributed by atoms with Crippen LogP contribution in [0.5, 0.6) is 5.75 Å². The normalized spacial score (nSPS) is 18.4. The molecule has 20 heavy (non-hydrogen) atoms. The van der Waals surface area contributed by atoms with E-state index in [1.807, 2.05) is 5.32 Å². The summed E-state index contributed by atoms with van der Waals surface area (Å²) < 4.78 is 0. The summed E-state index contributed by atoms with van der Waals surface area (Å²) in [6.45, 7) is -0.0725. The molecule has 1 fully saturated rings. The number of carbonyl (C=O) groups excluding carboxylic acids is 4. The van der Waals surface area contributed by atoms with Gasteiger partial charge in [0.25, 0.3) is 11.8 Å². The zero-order chi connectivity index (χ0) is 14.4. The van der Waals surface area contributed by atoms with E-state index in [4.69, 9.17) is 0 Å². The molecule has 0 atom stereocenters. The Kier molecular flexibility index (Phi) is 2.46. The molecule has 0 aliphatic carbocycles. The van der Waals surface area contributed by atoms with E-state index >= 15 is 0 Å². The molecule has 3 rings (SSSR count). The van der Waals surface area contributed by atoms with E-state index in [0.29, 0.717) is 5.01 Å². The maximum atomic E-state index is 12.2. The van der Waals surface area contributed by atoms with Crippen LogP contribution in [0.1, 0.15) is 27.1 Å². The lowest BCUT2D eigenvalue weighted by Gasteiger charge is -2.32. The van der Waals surface area contributed by atoms with Gasteiger partial charge in [-0.2, -0.15) is 5.01 Å². The number of phenols is 1. The summed E-state index contributed by atoms with van der Waals surface area (Å²) >= 11 is 0. The molecule has 8 nitrogen and oxygen atoms in total. The summed E-state index contributed by atoms with van der Waals surface area (Å²) in [5.41, 5.74) is -0.109. The Hall–Kier alpha value is -2.90. The number of benzene rings is 1. The first-order valence-electron chi connectivity index (χ1n) is 5.82. The molecule has 5 amide bonds. The van der Waals surface area contributed by atoms with Crippen LogP contribution in [0, 0.1) is 0 Å². The van der Waals surface area contributed by atoms with Gasteiger partial charge in [-0.1, -0.05) is 6.07 Å². The average molecular weight is 275 g/mol. The van der Waals surface area contributed by atoms with Gasteiger partial charge in [0.05, 0.1) is 17.7 Å². The number of nitrogens with zero attached hydrogens (tertiary/aromatic N) is 2. The first-order valence-corrected chi connectivity index (χ1v) is 5.82. The molecular formula is C12H9N3O5. The van der Waals surface area contributed by atoms with E-state index in [1.54, 1.807) is 0 Å². The number of hydrogen-bond acceptors (Lipinski definition) is 5. The monoisotopic (exact) mass is 275 g/mol. The van der Waals surface area contributed by atoms with Crippen LogP contribution in [0.4, 0.5) is 4.79 Å². The van der Waals surface area contributed by atoms with E-state index in [1.165, 1.54) is 18.2 Å². The topological polar surface area (TPSA) is 107 Å². The highest BCUT2D eigenvalue weighted by Crippen LogP contribution is 2.31. The van der Waals surface area contributed by atoms with Crippen LogP contribution >= 0.6 is 0 Å². The zero-order valence-corrected chi connectivity index (χ0v) is 10.1. The molecule has 0 saturated carbocycles. The van der Waals surface area contributed by atoms with Crippen molar-refractivity contribution >= 4 is 23.8 Å². The molecule has 2 N–H and O–H groups in total. The van der Waals surface area contributed by atoms with Crippen LogP contribution in [0.3, 0.4) is 0 Å². The third kappa shape index (κ3) is 1.54. The molecule has 0 bridgehead atoms. The number of carbonyl (C=O) groups is 4. The van der Waals surface area contributed by atoms with Crippen molar-refractivity contribution in [1.29, 1.82) is 0 Å².